The third-order valence-electron chi connectivity index (χ3n) is 5.25. The van der Waals surface area contributed by atoms with Crippen molar-refractivity contribution in [2.45, 2.75) is 0 Å². The number of pyridine rings is 1. The molecular formula is C22H20N4O. The van der Waals surface area contributed by atoms with Gasteiger partial charge in [-0.15, -0.1) is 0 Å². The van der Waals surface area contributed by atoms with E-state index in [2.05, 4.69) is 34.1 Å². The summed E-state index contributed by atoms with van der Waals surface area (Å²) in [6, 6.07) is 24.0. The molecule has 4 aromatic rings. The van der Waals surface area contributed by atoms with Crippen molar-refractivity contribution in [1.82, 2.24) is 9.38 Å². The lowest BCUT2D eigenvalue weighted by molar-refractivity contribution is 0.647. The van der Waals surface area contributed by atoms with Crippen molar-refractivity contribution in [3.05, 3.63) is 83.2 Å². The summed E-state index contributed by atoms with van der Waals surface area (Å²) < 4.78 is 1.69. The first-order chi connectivity index (χ1) is 13.3. The van der Waals surface area contributed by atoms with Crippen LogP contribution >= 0.6 is 0 Å². The zero-order chi connectivity index (χ0) is 18.2. The Bertz CT molecular complexity index is 1160. The molecule has 0 saturated carbocycles. The fourth-order valence-electron chi connectivity index (χ4n) is 3.83. The molecule has 0 atom stereocenters. The first kappa shape index (κ1) is 15.9. The first-order valence-corrected chi connectivity index (χ1v) is 9.26. The van der Waals surface area contributed by atoms with E-state index in [9.17, 15) is 4.79 Å². The molecule has 0 bridgehead atoms. The Balaban J connectivity index is 1.46. The highest BCUT2D eigenvalue weighted by Gasteiger charge is 2.19. The van der Waals surface area contributed by atoms with Crippen LogP contribution in [-0.4, -0.2) is 35.6 Å². The lowest BCUT2D eigenvalue weighted by Gasteiger charge is -2.36. The normalized spacial score (nSPS) is 14.8. The van der Waals surface area contributed by atoms with Crippen LogP contribution in [0.15, 0.2) is 77.6 Å². The molecule has 0 aliphatic carbocycles. The fourth-order valence-corrected chi connectivity index (χ4v) is 3.83. The van der Waals surface area contributed by atoms with Crippen molar-refractivity contribution < 1.29 is 0 Å². The van der Waals surface area contributed by atoms with Gasteiger partial charge in [0.15, 0.2) is 0 Å². The molecule has 0 spiro atoms. The Morgan fingerprint density at radius 2 is 1.44 bits per heavy atom. The first-order valence-electron chi connectivity index (χ1n) is 9.26. The maximum Gasteiger partial charge on any atom is 0.260 e. The number of hydrogen-bond acceptors (Lipinski definition) is 4. The molecule has 1 aliphatic heterocycles. The van der Waals surface area contributed by atoms with Crippen LogP contribution in [0.1, 0.15) is 0 Å². The van der Waals surface area contributed by atoms with Crippen molar-refractivity contribution in [3.63, 3.8) is 0 Å². The average molecular weight is 356 g/mol. The van der Waals surface area contributed by atoms with Crippen molar-refractivity contribution in [3.8, 4) is 0 Å². The van der Waals surface area contributed by atoms with Crippen LogP contribution in [0.4, 0.5) is 11.5 Å². The van der Waals surface area contributed by atoms with E-state index in [0.29, 0.717) is 5.65 Å². The van der Waals surface area contributed by atoms with Gasteiger partial charge in [0.1, 0.15) is 11.5 Å². The lowest BCUT2D eigenvalue weighted by atomic mass is 10.2. The maximum absolute atomic E-state index is 12.8. The van der Waals surface area contributed by atoms with E-state index < -0.39 is 0 Å². The van der Waals surface area contributed by atoms with E-state index in [1.54, 1.807) is 10.5 Å². The Kier molecular flexibility index (Phi) is 3.78. The summed E-state index contributed by atoms with van der Waals surface area (Å²) >= 11 is 0. The van der Waals surface area contributed by atoms with Gasteiger partial charge in [-0.2, -0.15) is 0 Å². The predicted molar refractivity (Wildman–Crippen MR) is 110 cm³/mol. The average Bonchev–Trinajstić information content (AvgIpc) is 2.74. The summed E-state index contributed by atoms with van der Waals surface area (Å²) in [5.74, 6) is 0.767. The Labute approximate surface area is 157 Å². The number of rotatable bonds is 2. The topological polar surface area (TPSA) is 40.9 Å². The van der Waals surface area contributed by atoms with Gasteiger partial charge in [0.2, 0.25) is 0 Å². The van der Waals surface area contributed by atoms with E-state index in [-0.39, 0.29) is 5.56 Å². The highest BCUT2D eigenvalue weighted by molar-refractivity contribution is 5.82. The van der Waals surface area contributed by atoms with Gasteiger partial charge in [-0.3, -0.25) is 9.20 Å². The molecule has 0 N–H and O–H groups in total. The van der Waals surface area contributed by atoms with Gasteiger partial charge in [-0.05, 0) is 35.7 Å². The minimum Gasteiger partial charge on any atom is -0.368 e. The summed E-state index contributed by atoms with van der Waals surface area (Å²) in [5.41, 5.74) is 2.81. The molecule has 27 heavy (non-hydrogen) atoms. The lowest BCUT2D eigenvalue weighted by Crippen LogP contribution is -2.47. The van der Waals surface area contributed by atoms with E-state index in [1.165, 1.54) is 5.69 Å². The van der Waals surface area contributed by atoms with E-state index >= 15 is 0 Å². The largest absolute Gasteiger partial charge is 0.368 e. The van der Waals surface area contributed by atoms with Gasteiger partial charge in [-0.1, -0.05) is 36.4 Å². The number of hydrogen-bond donors (Lipinski definition) is 0. The number of fused-ring (bicyclic) bond motifs is 3. The molecule has 5 heteroatoms. The van der Waals surface area contributed by atoms with E-state index in [1.807, 2.05) is 42.5 Å². The molecular weight excluding hydrogens is 336 g/mol. The number of aromatic nitrogens is 2. The SMILES string of the molecule is O=c1cc(N2CCN(c3ccccc3)CC2)nc2ccc3ccccc3n12. The third-order valence-corrected chi connectivity index (χ3v) is 5.25. The molecule has 0 amide bonds. The quantitative estimate of drug-likeness (QED) is 0.517. The summed E-state index contributed by atoms with van der Waals surface area (Å²) in [6.45, 7) is 3.54. The Morgan fingerprint density at radius 1 is 0.741 bits per heavy atom. The van der Waals surface area contributed by atoms with Crippen LogP contribution in [0, 0.1) is 0 Å². The second-order valence-corrected chi connectivity index (χ2v) is 6.85. The molecule has 3 heterocycles. The van der Waals surface area contributed by atoms with Crippen LogP contribution in [0.25, 0.3) is 16.6 Å². The van der Waals surface area contributed by atoms with Gasteiger partial charge in [0.25, 0.3) is 5.56 Å². The molecule has 1 aliphatic rings. The second kappa shape index (κ2) is 6.43. The maximum atomic E-state index is 12.8. The Hall–Kier alpha value is -3.34. The Morgan fingerprint density at radius 3 is 2.26 bits per heavy atom. The van der Waals surface area contributed by atoms with Crippen LogP contribution in [0.3, 0.4) is 0 Å². The standard InChI is InChI=1S/C22H20N4O/c27-22-16-21(23-20-11-10-17-6-4-5-9-19(17)26(20)22)25-14-12-24(13-15-25)18-7-2-1-3-8-18/h1-11,16H,12-15H2. The minimum absolute atomic E-state index is 0.0303. The smallest absolute Gasteiger partial charge is 0.260 e. The number of piperazine rings is 1. The molecule has 1 saturated heterocycles. The number of benzene rings is 2. The molecule has 2 aromatic carbocycles. The summed E-state index contributed by atoms with van der Waals surface area (Å²) in [7, 11) is 0. The van der Waals surface area contributed by atoms with Gasteiger partial charge in [0.05, 0.1) is 5.52 Å². The summed E-state index contributed by atoms with van der Waals surface area (Å²) in [4.78, 5) is 22.2. The molecule has 1 fully saturated rings. The molecule has 0 unspecified atom stereocenters. The van der Waals surface area contributed by atoms with E-state index in [4.69, 9.17) is 4.98 Å². The molecule has 5 rings (SSSR count). The highest BCUT2D eigenvalue weighted by Crippen LogP contribution is 2.20. The summed E-state index contributed by atoms with van der Waals surface area (Å²) in [6.07, 6.45) is 0. The van der Waals surface area contributed by atoms with Crippen LogP contribution in [0.5, 0.6) is 0 Å². The number of nitrogens with zero attached hydrogens (tertiary/aromatic N) is 4. The highest BCUT2D eigenvalue weighted by atomic mass is 16.1. The van der Waals surface area contributed by atoms with Crippen LogP contribution in [-0.2, 0) is 0 Å². The summed E-state index contributed by atoms with van der Waals surface area (Å²) in [5, 5.41) is 1.04. The van der Waals surface area contributed by atoms with Crippen molar-refractivity contribution in [2.75, 3.05) is 36.0 Å². The number of para-hydroxylation sites is 2. The fraction of sp³-hybridized carbons (Fsp3) is 0.182. The van der Waals surface area contributed by atoms with Gasteiger partial charge < -0.3 is 9.80 Å². The number of anilines is 2. The van der Waals surface area contributed by atoms with E-state index in [0.717, 1.165) is 42.9 Å². The molecule has 0 radical (unpaired) electrons. The predicted octanol–water partition coefficient (Wildman–Crippen LogP) is 3.17. The third kappa shape index (κ3) is 2.81. The molecule has 2 aromatic heterocycles. The monoisotopic (exact) mass is 356 g/mol. The van der Waals surface area contributed by atoms with Crippen LogP contribution < -0.4 is 15.4 Å². The second-order valence-electron chi connectivity index (χ2n) is 6.85. The zero-order valence-corrected chi connectivity index (χ0v) is 15.0. The zero-order valence-electron chi connectivity index (χ0n) is 15.0. The van der Waals surface area contributed by atoms with Crippen molar-refractivity contribution in [1.29, 1.82) is 0 Å². The molecule has 5 nitrogen and oxygen atoms in total. The van der Waals surface area contributed by atoms with Gasteiger partial charge >= 0.3 is 0 Å². The van der Waals surface area contributed by atoms with Crippen molar-refractivity contribution in [2.24, 2.45) is 0 Å². The molecule has 134 valence electrons. The minimum atomic E-state index is -0.0303. The van der Waals surface area contributed by atoms with Crippen molar-refractivity contribution >= 4 is 28.1 Å². The van der Waals surface area contributed by atoms with Gasteiger partial charge in [-0.25, -0.2) is 4.98 Å². The van der Waals surface area contributed by atoms with Crippen LogP contribution in [0.2, 0.25) is 0 Å². The van der Waals surface area contributed by atoms with Gasteiger partial charge in [0, 0.05) is 37.9 Å².